The Bertz CT molecular complexity index is 69.3. The summed E-state index contributed by atoms with van der Waals surface area (Å²) in [6.45, 7) is 2.22. The molecule has 2 heteroatoms. The van der Waals surface area contributed by atoms with Crippen molar-refractivity contribution in [1.82, 2.24) is 10.6 Å². The molecule has 1 aliphatic rings. The van der Waals surface area contributed by atoms with Crippen LogP contribution in [0.5, 0.6) is 0 Å². The SMILES string of the molecule is CNCCNC1CCC1. The quantitative estimate of drug-likeness (QED) is 0.534. The van der Waals surface area contributed by atoms with Gasteiger partial charge in [-0.1, -0.05) is 6.42 Å². The molecule has 2 N–H and O–H groups in total. The normalized spacial score (nSPS) is 19.7. The molecule has 9 heavy (non-hydrogen) atoms. The van der Waals surface area contributed by atoms with Gasteiger partial charge in [-0.2, -0.15) is 0 Å². The lowest BCUT2D eigenvalue weighted by Crippen LogP contribution is -2.38. The van der Waals surface area contributed by atoms with E-state index in [0.717, 1.165) is 19.1 Å². The molecule has 0 spiro atoms. The summed E-state index contributed by atoms with van der Waals surface area (Å²) in [5, 5.41) is 6.57. The number of nitrogens with one attached hydrogen (secondary N) is 2. The van der Waals surface area contributed by atoms with Gasteiger partial charge in [0, 0.05) is 19.1 Å². The van der Waals surface area contributed by atoms with Crippen LogP contribution >= 0.6 is 0 Å². The van der Waals surface area contributed by atoms with Gasteiger partial charge in [0.05, 0.1) is 0 Å². The van der Waals surface area contributed by atoms with Crippen LogP contribution in [-0.2, 0) is 0 Å². The van der Waals surface area contributed by atoms with Crippen LogP contribution in [0.25, 0.3) is 0 Å². The lowest BCUT2D eigenvalue weighted by molar-refractivity contribution is 0.341. The monoisotopic (exact) mass is 128 g/mol. The van der Waals surface area contributed by atoms with E-state index in [9.17, 15) is 0 Å². The molecule has 2 nitrogen and oxygen atoms in total. The fourth-order valence-electron chi connectivity index (χ4n) is 1.01. The van der Waals surface area contributed by atoms with Crippen LogP contribution in [0.3, 0.4) is 0 Å². The first kappa shape index (κ1) is 7.03. The van der Waals surface area contributed by atoms with Crippen molar-refractivity contribution in [1.29, 1.82) is 0 Å². The van der Waals surface area contributed by atoms with Crippen LogP contribution in [0.15, 0.2) is 0 Å². The molecule has 0 aliphatic heterocycles. The van der Waals surface area contributed by atoms with Crippen molar-refractivity contribution >= 4 is 0 Å². The Balaban J connectivity index is 1.80. The van der Waals surface area contributed by atoms with Gasteiger partial charge in [-0.25, -0.2) is 0 Å². The Morgan fingerprint density at radius 2 is 2.11 bits per heavy atom. The van der Waals surface area contributed by atoms with E-state index >= 15 is 0 Å². The fourth-order valence-corrected chi connectivity index (χ4v) is 1.01. The maximum atomic E-state index is 3.46. The molecule has 0 heterocycles. The zero-order valence-electron chi connectivity index (χ0n) is 6.11. The average Bonchev–Trinajstić information content (AvgIpc) is 1.76. The van der Waals surface area contributed by atoms with Crippen LogP contribution in [0.1, 0.15) is 19.3 Å². The molecule has 0 unspecified atom stereocenters. The first-order valence-electron chi connectivity index (χ1n) is 3.81. The Morgan fingerprint density at radius 3 is 2.56 bits per heavy atom. The summed E-state index contributed by atoms with van der Waals surface area (Å²) >= 11 is 0. The van der Waals surface area contributed by atoms with Crippen LogP contribution in [0.4, 0.5) is 0 Å². The highest BCUT2D eigenvalue weighted by molar-refractivity contribution is 4.75. The molecule has 0 bridgehead atoms. The van der Waals surface area contributed by atoms with Crippen molar-refractivity contribution in [2.45, 2.75) is 25.3 Å². The molecule has 1 rings (SSSR count). The number of hydrogen-bond donors (Lipinski definition) is 2. The number of hydrogen-bond acceptors (Lipinski definition) is 2. The Hall–Kier alpha value is -0.0800. The van der Waals surface area contributed by atoms with Gasteiger partial charge in [-0.05, 0) is 19.9 Å². The van der Waals surface area contributed by atoms with Gasteiger partial charge >= 0.3 is 0 Å². The minimum absolute atomic E-state index is 0.846. The van der Waals surface area contributed by atoms with Crippen LogP contribution < -0.4 is 10.6 Å². The summed E-state index contributed by atoms with van der Waals surface area (Å²) in [6, 6.07) is 0.846. The molecule has 0 amide bonds. The highest BCUT2D eigenvalue weighted by Gasteiger charge is 2.15. The first-order valence-corrected chi connectivity index (χ1v) is 3.81. The molecule has 0 aromatic heterocycles. The van der Waals surface area contributed by atoms with E-state index in [1.54, 1.807) is 0 Å². The first-order chi connectivity index (χ1) is 4.43. The molecule has 0 aromatic rings. The molecule has 0 atom stereocenters. The molecule has 54 valence electrons. The fraction of sp³-hybridized carbons (Fsp3) is 1.00. The average molecular weight is 128 g/mol. The smallest absolute Gasteiger partial charge is 0.00792 e. The minimum atomic E-state index is 0.846. The maximum absolute atomic E-state index is 3.46. The summed E-state index contributed by atoms with van der Waals surface area (Å²) in [5.74, 6) is 0. The van der Waals surface area contributed by atoms with Gasteiger partial charge in [0.2, 0.25) is 0 Å². The van der Waals surface area contributed by atoms with Gasteiger partial charge in [0.1, 0.15) is 0 Å². The third-order valence-electron chi connectivity index (χ3n) is 1.91. The zero-order valence-corrected chi connectivity index (χ0v) is 6.11. The van der Waals surface area contributed by atoms with E-state index in [-0.39, 0.29) is 0 Å². The summed E-state index contributed by atoms with van der Waals surface area (Å²) < 4.78 is 0. The van der Waals surface area contributed by atoms with Gasteiger partial charge in [0.25, 0.3) is 0 Å². The van der Waals surface area contributed by atoms with E-state index in [1.165, 1.54) is 19.3 Å². The molecule has 0 aromatic carbocycles. The largest absolute Gasteiger partial charge is 0.318 e. The van der Waals surface area contributed by atoms with E-state index in [0.29, 0.717) is 0 Å². The molecular weight excluding hydrogens is 112 g/mol. The van der Waals surface area contributed by atoms with Gasteiger partial charge in [-0.15, -0.1) is 0 Å². The zero-order chi connectivity index (χ0) is 6.53. The third kappa shape index (κ3) is 2.33. The number of likely N-dealkylation sites (N-methyl/N-ethyl adjacent to an activating group) is 1. The molecule has 0 saturated heterocycles. The molecule has 1 fully saturated rings. The van der Waals surface area contributed by atoms with Gasteiger partial charge in [0.15, 0.2) is 0 Å². The van der Waals surface area contributed by atoms with Gasteiger partial charge in [-0.3, -0.25) is 0 Å². The Morgan fingerprint density at radius 1 is 1.33 bits per heavy atom. The van der Waals surface area contributed by atoms with E-state index in [1.807, 2.05) is 7.05 Å². The minimum Gasteiger partial charge on any atom is -0.318 e. The second-order valence-electron chi connectivity index (χ2n) is 2.69. The van der Waals surface area contributed by atoms with E-state index < -0.39 is 0 Å². The van der Waals surface area contributed by atoms with Crippen LogP contribution in [-0.4, -0.2) is 26.2 Å². The maximum Gasteiger partial charge on any atom is 0.00792 e. The Kier molecular flexibility index (Phi) is 3.01. The third-order valence-corrected chi connectivity index (χ3v) is 1.91. The topological polar surface area (TPSA) is 24.1 Å². The lowest BCUT2D eigenvalue weighted by Gasteiger charge is -2.26. The van der Waals surface area contributed by atoms with Crippen molar-refractivity contribution in [3.8, 4) is 0 Å². The highest BCUT2D eigenvalue weighted by Crippen LogP contribution is 2.17. The summed E-state index contributed by atoms with van der Waals surface area (Å²) in [6.07, 6.45) is 4.21. The molecular formula is C7H16N2. The van der Waals surface area contributed by atoms with Gasteiger partial charge < -0.3 is 10.6 Å². The van der Waals surface area contributed by atoms with Crippen molar-refractivity contribution in [2.24, 2.45) is 0 Å². The van der Waals surface area contributed by atoms with Crippen molar-refractivity contribution < 1.29 is 0 Å². The molecule has 1 aliphatic carbocycles. The highest BCUT2D eigenvalue weighted by atomic mass is 15.0. The van der Waals surface area contributed by atoms with E-state index in [4.69, 9.17) is 0 Å². The van der Waals surface area contributed by atoms with Crippen molar-refractivity contribution in [3.63, 3.8) is 0 Å². The summed E-state index contributed by atoms with van der Waals surface area (Å²) in [4.78, 5) is 0. The molecule has 1 saturated carbocycles. The second kappa shape index (κ2) is 3.85. The van der Waals surface area contributed by atoms with Crippen molar-refractivity contribution in [2.75, 3.05) is 20.1 Å². The van der Waals surface area contributed by atoms with Crippen LogP contribution in [0, 0.1) is 0 Å². The predicted molar refractivity (Wildman–Crippen MR) is 39.6 cm³/mol. The summed E-state index contributed by atoms with van der Waals surface area (Å²) in [7, 11) is 1.99. The van der Waals surface area contributed by atoms with Crippen molar-refractivity contribution in [3.05, 3.63) is 0 Å². The van der Waals surface area contributed by atoms with Crippen LogP contribution in [0.2, 0.25) is 0 Å². The molecule has 0 radical (unpaired) electrons. The van der Waals surface area contributed by atoms with E-state index in [2.05, 4.69) is 10.6 Å². The summed E-state index contributed by atoms with van der Waals surface area (Å²) in [5.41, 5.74) is 0. The number of rotatable bonds is 4. The standard InChI is InChI=1S/C7H16N2/c1-8-5-6-9-7-3-2-4-7/h7-9H,2-6H2,1H3. The Labute approximate surface area is 57.0 Å². The predicted octanol–water partition coefficient (Wildman–Crippen LogP) is 0.348. The lowest BCUT2D eigenvalue weighted by atomic mass is 9.93. The second-order valence-corrected chi connectivity index (χ2v) is 2.69.